The Morgan fingerprint density at radius 2 is 2.10 bits per heavy atom. The number of aromatic nitrogens is 2. The van der Waals surface area contributed by atoms with E-state index in [9.17, 15) is 4.39 Å². The van der Waals surface area contributed by atoms with Crippen LogP contribution in [0.25, 0.3) is 0 Å². The summed E-state index contributed by atoms with van der Waals surface area (Å²) in [4.78, 5) is 4.41. The molecular weight excluding hydrogens is 253 g/mol. The van der Waals surface area contributed by atoms with Crippen LogP contribution in [0, 0.1) is 12.7 Å². The number of imidazole rings is 1. The number of hydrogen-bond donors (Lipinski definition) is 1. The predicted molar refractivity (Wildman–Crippen MR) is 79.2 cm³/mol. The monoisotopic (exact) mass is 275 g/mol. The Bertz CT molecular complexity index is 542. The molecule has 1 aromatic heterocycles. The van der Waals surface area contributed by atoms with E-state index < -0.39 is 0 Å². The maximum absolute atomic E-state index is 13.6. The number of nitrogens with one attached hydrogen (secondary N) is 1. The van der Waals surface area contributed by atoms with Crippen molar-refractivity contribution < 1.29 is 4.39 Å². The number of likely N-dealkylation sites (N-methyl/N-ethyl adjacent to an activating group) is 1. The molecule has 1 N–H and O–H groups in total. The highest BCUT2D eigenvalue weighted by molar-refractivity contribution is 5.27. The van der Waals surface area contributed by atoms with Crippen LogP contribution < -0.4 is 5.32 Å². The lowest BCUT2D eigenvalue weighted by Gasteiger charge is -2.19. The van der Waals surface area contributed by atoms with Gasteiger partial charge in [-0.1, -0.05) is 13.0 Å². The number of benzene rings is 1. The molecule has 0 aliphatic heterocycles. The van der Waals surface area contributed by atoms with Crippen molar-refractivity contribution in [1.29, 1.82) is 0 Å². The summed E-state index contributed by atoms with van der Waals surface area (Å²) in [5, 5.41) is 3.42. The average molecular weight is 275 g/mol. The smallest absolute Gasteiger partial charge is 0.123 e. The van der Waals surface area contributed by atoms with Gasteiger partial charge in [0.25, 0.3) is 0 Å². The maximum atomic E-state index is 13.6. The molecular formula is C16H22FN3. The van der Waals surface area contributed by atoms with Gasteiger partial charge in [-0.15, -0.1) is 0 Å². The Morgan fingerprint density at radius 1 is 1.30 bits per heavy atom. The highest BCUT2D eigenvalue weighted by atomic mass is 19.1. The first-order chi connectivity index (χ1) is 9.63. The van der Waals surface area contributed by atoms with E-state index in [1.54, 1.807) is 12.1 Å². The second kappa shape index (κ2) is 6.66. The van der Waals surface area contributed by atoms with Crippen LogP contribution in [-0.4, -0.2) is 16.1 Å². The van der Waals surface area contributed by atoms with Gasteiger partial charge in [-0.2, -0.15) is 0 Å². The molecule has 2 aromatic rings. The molecule has 4 heteroatoms. The van der Waals surface area contributed by atoms with Gasteiger partial charge in [0.2, 0.25) is 0 Å². The molecule has 108 valence electrons. The number of aryl methyl sites for hydroxylation is 2. The fourth-order valence-corrected chi connectivity index (χ4v) is 2.52. The quantitative estimate of drug-likeness (QED) is 0.877. The normalized spacial score (nSPS) is 12.6. The summed E-state index contributed by atoms with van der Waals surface area (Å²) < 4.78 is 15.7. The van der Waals surface area contributed by atoms with E-state index in [-0.39, 0.29) is 11.9 Å². The Hall–Kier alpha value is -1.68. The molecule has 0 aliphatic rings. The lowest BCUT2D eigenvalue weighted by molar-refractivity contribution is 0.517. The molecule has 0 radical (unpaired) electrons. The third-order valence-electron chi connectivity index (χ3n) is 3.45. The molecule has 0 saturated heterocycles. The van der Waals surface area contributed by atoms with Crippen LogP contribution in [0.2, 0.25) is 0 Å². The first-order valence-corrected chi connectivity index (χ1v) is 7.14. The van der Waals surface area contributed by atoms with Crippen LogP contribution >= 0.6 is 0 Å². The van der Waals surface area contributed by atoms with E-state index in [4.69, 9.17) is 0 Å². The summed E-state index contributed by atoms with van der Waals surface area (Å²) in [6.45, 7) is 7.82. The number of halogens is 1. The molecule has 0 fully saturated rings. The van der Waals surface area contributed by atoms with Crippen molar-refractivity contribution in [3.8, 4) is 0 Å². The van der Waals surface area contributed by atoms with Crippen LogP contribution in [-0.2, 0) is 13.0 Å². The van der Waals surface area contributed by atoms with Crippen molar-refractivity contribution in [1.82, 2.24) is 14.9 Å². The Kier molecular flexibility index (Phi) is 4.90. The standard InChI is InChI=1S/C16H22FN3/c1-4-18-15(11-16-19-6-7-20(16)5-2)13-8-12(3)9-14(17)10-13/h6-10,15,18H,4-5,11H2,1-3H3. The number of hydrogen-bond acceptors (Lipinski definition) is 2. The average Bonchev–Trinajstić information content (AvgIpc) is 2.84. The van der Waals surface area contributed by atoms with Gasteiger partial charge in [0.1, 0.15) is 11.6 Å². The second-order valence-corrected chi connectivity index (χ2v) is 5.01. The largest absolute Gasteiger partial charge is 0.335 e. The van der Waals surface area contributed by atoms with Gasteiger partial charge < -0.3 is 9.88 Å². The Balaban J connectivity index is 2.26. The van der Waals surface area contributed by atoms with E-state index in [0.717, 1.165) is 36.5 Å². The van der Waals surface area contributed by atoms with Crippen molar-refractivity contribution >= 4 is 0 Å². The van der Waals surface area contributed by atoms with E-state index in [0.29, 0.717) is 0 Å². The molecule has 1 heterocycles. The zero-order valence-corrected chi connectivity index (χ0v) is 12.4. The van der Waals surface area contributed by atoms with Crippen LogP contribution in [0.15, 0.2) is 30.6 Å². The zero-order chi connectivity index (χ0) is 14.5. The van der Waals surface area contributed by atoms with Crippen LogP contribution in [0.1, 0.15) is 36.8 Å². The van der Waals surface area contributed by atoms with E-state index in [1.807, 2.05) is 25.4 Å². The molecule has 1 unspecified atom stereocenters. The Labute approximate surface area is 119 Å². The van der Waals surface area contributed by atoms with Gasteiger partial charge in [-0.05, 0) is 43.7 Å². The fraction of sp³-hybridized carbons (Fsp3) is 0.438. The van der Waals surface area contributed by atoms with Gasteiger partial charge in [-0.25, -0.2) is 9.37 Å². The van der Waals surface area contributed by atoms with Crippen LogP contribution in [0.3, 0.4) is 0 Å². The third-order valence-corrected chi connectivity index (χ3v) is 3.45. The van der Waals surface area contributed by atoms with Gasteiger partial charge >= 0.3 is 0 Å². The van der Waals surface area contributed by atoms with E-state index in [1.165, 1.54) is 0 Å². The predicted octanol–water partition coefficient (Wildman–Crippen LogP) is 3.24. The molecule has 0 saturated carbocycles. The Morgan fingerprint density at radius 3 is 2.75 bits per heavy atom. The van der Waals surface area contributed by atoms with Gasteiger partial charge in [0.05, 0.1) is 0 Å². The minimum absolute atomic E-state index is 0.0853. The SMILES string of the molecule is CCNC(Cc1nccn1CC)c1cc(C)cc(F)c1. The summed E-state index contributed by atoms with van der Waals surface area (Å²) in [6.07, 6.45) is 4.56. The molecule has 1 atom stereocenters. The lowest BCUT2D eigenvalue weighted by Crippen LogP contribution is -2.24. The molecule has 0 spiro atoms. The highest BCUT2D eigenvalue weighted by Crippen LogP contribution is 2.20. The summed E-state index contributed by atoms with van der Waals surface area (Å²) in [5.41, 5.74) is 1.93. The fourth-order valence-electron chi connectivity index (χ4n) is 2.52. The van der Waals surface area contributed by atoms with Gasteiger partial charge in [-0.3, -0.25) is 0 Å². The third kappa shape index (κ3) is 3.45. The first kappa shape index (κ1) is 14.7. The topological polar surface area (TPSA) is 29.9 Å². The van der Waals surface area contributed by atoms with E-state index in [2.05, 4.69) is 28.7 Å². The molecule has 0 aliphatic carbocycles. The van der Waals surface area contributed by atoms with Crippen LogP contribution in [0.5, 0.6) is 0 Å². The zero-order valence-electron chi connectivity index (χ0n) is 12.4. The van der Waals surface area contributed by atoms with Crippen molar-refractivity contribution in [2.75, 3.05) is 6.54 Å². The van der Waals surface area contributed by atoms with E-state index >= 15 is 0 Å². The molecule has 0 amide bonds. The molecule has 20 heavy (non-hydrogen) atoms. The van der Waals surface area contributed by atoms with Crippen LogP contribution in [0.4, 0.5) is 4.39 Å². The number of rotatable bonds is 6. The summed E-state index contributed by atoms with van der Waals surface area (Å²) in [5.74, 6) is 0.849. The van der Waals surface area contributed by atoms with Crippen molar-refractivity contribution in [2.45, 2.75) is 39.8 Å². The molecule has 2 rings (SSSR count). The maximum Gasteiger partial charge on any atom is 0.123 e. The molecule has 1 aromatic carbocycles. The van der Waals surface area contributed by atoms with Gasteiger partial charge in [0.15, 0.2) is 0 Å². The summed E-state index contributed by atoms with van der Waals surface area (Å²) in [6, 6.07) is 5.29. The van der Waals surface area contributed by atoms with Gasteiger partial charge in [0, 0.05) is 31.4 Å². The van der Waals surface area contributed by atoms with Crippen molar-refractivity contribution in [3.05, 3.63) is 53.4 Å². The molecule has 0 bridgehead atoms. The van der Waals surface area contributed by atoms with Crippen molar-refractivity contribution in [3.63, 3.8) is 0 Å². The minimum Gasteiger partial charge on any atom is -0.335 e. The number of nitrogens with zero attached hydrogens (tertiary/aromatic N) is 2. The lowest BCUT2D eigenvalue weighted by atomic mass is 10.0. The first-order valence-electron chi connectivity index (χ1n) is 7.14. The van der Waals surface area contributed by atoms with Crippen molar-refractivity contribution in [2.24, 2.45) is 0 Å². The minimum atomic E-state index is -0.179. The second-order valence-electron chi connectivity index (χ2n) is 5.01. The highest BCUT2D eigenvalue weighted by Gasteiger charge is 2.15. The summed E-state index contributed by atoms with van der Waals surface area (Å²) in [7, 11) is 0. The summed E-state index contributed by atoms with van der Waals surface area (Å²) >= 11 is 0. The molecule has 3 nitrogen and oxygen atoms in total.